The molecule has 0 aromatic heterocycles. The van der Waals surface area contributed by atoms with Gasteiger partial charge in [-0.3, -0.25) is 29.5 Å². The summed E-state index contributed by atoms with van der Waals surface area (Å²) in [5.74, 6) is -3.82. The molecule has 1 aromatic rings. The summed E-state index contributed by atoms with van der Waals surface area (Å²) in [7, 11) is 1.17. The highest BCUT2D eigenvalue weighted by Gasteiger charge is 2.27. The number of aliphatic carboxylic acids is 1. The van der Waals surface area contributed by atoms with E-state index in [1.165, 1.54) is 7.11 Å². The van der Waals surface area contributed by atoms with E-state index >= 15 is 0 Å². The van der Waals surface area contributed by atoms with Gasteiger partial charge in [-0.05, 0) is 30.5 Å². The number of amides is 1. The minimum absolute atomic E-state index is 0.0521. The molecule has 182 valence electrons. The van der Waals surface area contributed by atoms with E-state index in [0.717, 1.165) is 4.90 Å². The summed E-state index contributed by atoms with van der Waals surface area (Å²) >= 11 is 11.9. The van der Waals surface area contributed by atoms with Gasteiger partial charge in [-0.25, -0.2) is 0 Å². The second-order valence-electron chi connectivity index (χ2n) is 7.12. The lowest BCUT2D eigenvalue weighted by atomic mass is 10.0. The molecule has 1 aromatic carbocycles. The third kappa shape index (κ3) is 9.74. The predicted molar refractivity (Wildman–Crippen MR) is 122 cm³/mol. The molecule has 13 heteroatoms. The van der Waals surface area contributed by atoms with Crippen LogP contribution in [-0.2, 0) is 30.5 Å². The van der Waals surface area contributed by atoms with Crippen molar-refractivity contribution in [3.05, 3.63) is 33.8 Å². The van der Waals surface area contributed by atoms with Crippen molar-refractivity contribution >= 4 is 52.8 Å². The van der Waals surface area contributed by atoms with Crippen LogP contribution >= 0.6 is 23.2 Å². The topological polar surface area (TPSA) is 189 Å². The molecule has 0 heterocycles. The lowest BCUT2D eigenvalue weighted by Crippen LogP contribution is -2.46. The Morgan fingerprint density at radius 3 is 2.45 bits per heavy atom. The Labute approximate surface area is 200 Å². The molecule has 2 unspecified atom stereocenters. The van der Waals surface area contributed by atoms with E-state index in [1.807, 2.05) is 0 Å². The second kappa shape index (κ2) is 13.7. The van der Waals surface area contributed by atoms with Gasteiger partial charge in [-0.1, -0.05) is 29.3 Å². The summed E-state index contributed by atoms with van der Waals surface area (Å²) in [5, 5.41) is 20.0. The van der Waals surface area contributed by atoms with E-state index < -0.39 is 48.1 Å². The molecule has 2 atom stereocenters. The Balaban J connectivity index is 2.82. The van der Waals surface area contributed by atoms with Gasteiger partial charge in [0, 0.05) is 13.1 Å². The second-order valence-corrected chi connectivity index (χ2v) is 7.94. The molecule has 0 aliphatic carbocycles. The molecule has 0 aliphatic heterocycles. The maximum absolute atomic E-state index is 12.8. The predicted octanol–water partition coefficient (Wildman–Crippen LogP) is 0.888. The van der Waals surface area contributed by atoms with Crippen molar-refractivity contribution in [2.75, 3.05) is 13.7 Å². The van der Waals surface area contributed by atoms with Gasteiger partial charge in [-0.2, -0.15) is 0 Å². The summed E-state index contributed by atoms with van der Waals surface area (Å²) in [4.78, 5) is 48.8. The number of hydrogen-bond acceptors (Lipinski definition) is 8. The number of hydrogen-bond donors (Lipinski definition) is 5. The number of halogens is 2. The van der Waals surface area contributed by atoms with E-state index in [-0.39, 0.29) is 32.4 Å². The highest BCUT2D eigenvalue weighted by molar-refractivity contribution is 6.42. The molecule has 7 N–H and O–H groups in total. The number of methoxy groups -OCH3 is 1. The van der Waals surface area contributed by atoms with Gasteiger partial charge >= 0.3 is 11.9 Å². The number of nitrogens with one attached hydrogen (secondary N) is 2. The van der Waals surface area contributed by atoms with Crippen molar-refractivity contribution in [2.24, 2.45) is 11.5 Å². The number of rotatable bonds is 13. The average molecular weight is 504 g/mol. The molecule has 0 fully saturated rings. The minimum atomic E-state index is -1.19. The first-order valence-corrected chi connectivity index (χ1v) is 10.6. The summed E-state index contributed by atoms with van der Waals surface area (Å²) in [6.07, 6.45) is -0.747. The molecule has 0 radical (unpaired) electrons. The van der Waals surface area contributed by atoms with Crippen molar-refractivity contribution in [1.29, 1.82) is 5.41 Å². The summed E-state index contributed by atoms with van der Waals surface area (Å²) in [6.45, 7) is 0.0722. The molecule has 33 heavy (non-hydrogen) atoms. The molecule has 0 bridgehead atoms. The normalized spacial score (nSPS) is 12.5. The van der Waals surface area contributed by atoms with Crippen molar-refractivity contribution in [1.82, 2.24) is 10.2 Å². The molecule has 0 saturated carbocycles. The number of carboxylic acid groups (broad SMARTS) is 1. The largest absolute Gasteiger partial charge is 0.480 e. The first-order valence-electron chi connectivity index (χ1n) is 9.85. The van der Waals surface area contributed by atoms with Gasteiger partial charge < -0.3 is 26.6 Å². The standard InChI is InChI=1S/C20H27Cl2N5O6/c1-33-18(30)8-15(26-10-11-4-5-12(21)13(22)7-11)16(28)9-17(29)27(20(24)25)6-2-3-14(23)19(31)32/h4-5,7,14-15,26H,2-3,6,8-10,23H2,1H3,(H3,24,25)(H,31,32). The first kappa shape index (κ1) is 28.3. The van der Waals surface area contributed by atoms with Crippen LogP contribution < -0.4 is 16.8 Å². The van der Waals surface area contributed by atoms with Crippen LogP contribution in [0.3, 0.4) is 0 Å². The quantitative estimate of drug-likeness (QED) is 0.112. The van der Waals surface area contributed by atoms with E-state index in [1.54, 1.807) is 18.2 Å². The number of Topliss-reactive ketones (excluding diaryl/α,β-unsaturated/α-hetero) is 1. The Kier molecular flexibility index (Phi) is 11.8. The Morgan fingerprint density at radius 1 is 1.24 bits per heavy atom. The number of nitrogens with zero attached hydrogens (tertiary/aromatic N) is 1. The fraction of sp³-hybridized carbons (Fsp3) is 0.450. The number of nitrogens with two attached hydrogens (primary N) is 2. The molecule has 0 saturated heterocycles. The number of carbonyl (C=O) groups excluding carboxylic acids is 3. The highest BCUT2D eigenvalue weighted by atomic mass is 35.5. The van der Waals surface area contributed by atoms with Gasteiger partial charge in [0.05, 0.1) is 36.0 Å². The fourth-order valence-corrected chi connectivity index (χ4v) is 3.10. The summed E-state index contributed by atoms with van der Waals surface area (Å²) in [6, 6.07) is 2.70. The first-order chi connectivity index (χ1) is 15.5. The van der Waals surface area contributed by atoms with Crippen LogP contribution in [0.15, 0.2) is 18.2 Å². The van der Waals surface area contributed by atoms with E-state index in [9.17, 15) is 19.2 Å². The maximum Gasteiger partial charge on any atom is 0.320 e. The van der Waals surface area contributed by atoms with Crippen LogP contribution in [0.2, 0.25) is 10.0 Å². The Hall–Kier alpha value is -2.73. The van der Waals surface area contributed by atoms with Crippen LogP contribution in [0, 0.1) is 5.41 Å². The molecular weight excluding hydrogens is 477 g/mol. The minimum Gasteiger partial charge on any atom is -0.480 e. The molecule has 1 rings (SSSR count). The highest BCUT2D eigenvalue weighted by Crippen LogP contribution is 2.22. The zero-order valence-corrected chi connectivity index (χ0v) is 19.5. The number of ketones is 1. The van der Waals surface area contributed by atoms with Crippen molar-refractivity contribution < 1.29 is 29.0 Å². The smallest absolute Gasteiger partial charge is 0.320 e. The van der Waals surface area contributed by atoms with Crippen molar-refractivity contribution in [3.63, 3.8) is 0 Å². The van der Waals surface area contributed by atoms with Gasteiger partial charge in [0.15, 0.2) is 11.7 Å². The number of esters is 1. The number of carboxylic acids is 1. The lowest BCUT2D eigenvalue weighted by Gasteiger charge is -2.22. The number of carbonyl (C=O) groups is 4. The monoisotopic (exact) mass is 503 g/mol. The molecule has 0 aliphatic rings. The maximum atomic E-state index is 12.8. The number of ether oxygens (including phenoxy) is 1. The number of benzene rings is 1. The Bertz CT molecular complexity index is 898. The zero-order valence-electron chi connectivity index (χ0n) is 18.0. The summed E-state index contributed by atoms with van der Waals surface area (Å²) in [5.41, 5.74) is 11.6. The van der Waals surface area contributed by atoms with Gasteiger partial charge in [-0.15, -0.1) is 0 Å². The zero-order chi connectivity index (χ0) is 25.1. The molecular formula is C20H27Cl2N5O6. The summed E-state index contributed by atoms with van der Waals surface area (Å²) < 4.78 is 4.62. The van der Waals surface area contributed by atoms with Crippen LogP contribution in [0.4, 0.5) is 0 Å². The van der Waals surface area contributed by atoms with Crippen molar-refractivity contribution in [2.45, 2.75) is 44.3 Å². The van der Waals surface area contributed by atoms with E-state index in [4.69, 9.17) is 45.2 Å². The fourth-order valence-electron chi connectivity index (χ4n) is 2.78. The van der Waals surface area contributed by atoms with Crippen LogP contribution in [0.5, 0.6) is 0 Å². The van der Waals surface area contributed by atoms with Crippen LogP contribution in [0.25, 0.3) is 0 Å². The van der Waals surface area contributed by atoms with E-state index in [0.29, 0.717) is 15.6 Å². The van der Waals surface area contributed by atoms with E-state index in [2.05, 4.69) is 10.1 Å². The third-order valence-corrected chi connectivity index (χ3v) is 5.39. The van der Waals surface area contributed by atoms with Gasteiger partial charge in [0.1, 0.15) is 6.04 Å². The molecule has 1 amide bonds. The Morgan fingerprint density at radius 2 is 1.91 bits per heavy atom. The van der Waals surface area contributed by atoms with Crippen molar-refractivity contribution in [3.8, 4) is 0 Å². The third-order valence-electron chi connectivity index (χ3n) is 4.66. The number of guanidine groups is 1. The molecule has 11 nitrogen and oxygen atoms in total. The van der Waals surface area contributed by atoms with Gasteiger partial charge in [0.25, 0.3) is 0 Å². The van der Waals surface area contributed by atoms with Crippen LogP contribution in [-0.4, -0.2) is 65.3 Å². The lowest BCUT2D eigenvalue weighted by molar-refractivity contribution is -0.144. The van der Waals surface area contributed by atoms with Gasteiger partial charge in [0.2, 0.25) is 5.91 Å². The average Bonchev–Trinajstić information content (AvgIpc) is 2.75. The SMILES string of the molecule is COC(=O)CC(NCc1ccc(Cl)c(Cl)c1)C(=O)CC(=O)N(CCCC(N)C(=O)O)C(=N)N. The van der Waals surface area contributed by atoms with Crippen LogP contribution in [0.1, 0.15) is 31.2 Å². The molecule has 0 spiro atoms.